The molecule has 0 bridgehead atoms. The Kier molecular flexibility index (Phi) is 4.76. The van der Waals surface area contributed by atoms with E-state index in [0.29, 0.717) is 11.3 Å². The number of hydrogen-bond donors (Lipinski definition) is 3. The van der Waals surface area contributed by atoms with Crippen LogP contribution in [-0.4, -0.2) is 22.8 Å². The monoisotopic (exact) mass is 242 g/mol. The topological polar surface area (TPSA) is 70.1 Å². The Balaban J connectivity index is 2.95. The van der Waals surface area contributed by atoms with E-state index in [-0.39, 0.29) is 23.3 Å². The van der Waals surface area contributed by atoms with Gasteiger partial charge in [0.1, 0.15) is 11.7 Å². The Bertz CT molecular complexity index is 384. The van der Waals surface area contributed by atoms with Crippen molar-refractivity contribution in [1.29, 1.82) is 5.41 Å². The minimum atomic E-state index is -0.478. The van der Waals surface area contributed by atoms with Gasteiger partial charge < -0.3 is 10.8 Å². The number of benzene rings is 1. The zero-order valence-corrected chi connectivity index (χ0v) is 9.85. The van der Waals surface area contributed by atoms with Crippen LogP contribution in [0.2, 0.25) is 0 Å². The van der Waals surface area contributed by atoms with Crippen LogP contribution in [0.4, 0.5) is 4.39 Å². The Hall–Kier alpha value is -1.07. The van der Waals surface area contributed by atoms with E-state index in [1.807, 2.05) is 6.92 Å². The summed E-state index contributed by atoms with van der Waals surface area (Å²) in [5.41, 5.74) is 5.50. The zero-order valence-electron chi connectivity index (χ0n) is 9.03. The summed E-state index contributed by atoms with van der Waals surface area (Å²) in [6.07, 6.45) is 0.624. The van der Waals surface area contributed by atoms with Gasteiger partial charge in [-0.2, -0.15) is 0 Å². The van der Waals surface area contributed by atoms with Gasteiger partial charge in [0.15, 0.2) is 0 Å². The number of aliphatic hydroxyl groups is 1. The third kappa shape index (κ3) is 3.21. The first kappa shape index (κ1) is 13.0. The van der Waals surface area contributed by atoms with Crippen LogP contribution in [0.5, 0.6) is 0 Å². The fourth-order valence-electron chi connectivity index (χ4n) is 1.32. The second-order valence-corrected chi connectivity index (χ2v) is 4.95. The maximum Gasteiger partial charge on any atom is 0.135 e. The largest absolute Gasteiger partial charge is 0.396 e. The Morgan fingerprint density at radius 1 is 1.62 bits per heavy atom. The van der Waals surface area contributed by atoms with Crippen molar-refractivity contribution < 1.29 is 9.50 Å². The van der Waals surface area contributed by atoms with Gasteiger partial charge in [0, 0.05) is 16.8 Å². The molecule has 0 saturated heterocycles. The average Bonchev–Trinajstić information content (AvgIpc) is 2.17. The van der Waals surface area contributed by atoms with Gasteiger partial charge in [-0.25, -0.2) is 4.39 Å². The lowest BCUT2D eigenvalue weighted by molar-refractivity contribution is 0.289. The Morgan fingerprint density at radius 3 is 2.88 bits per heavy atom. The highest BCUT2D eigenvalue weighted by Crippen LogP contribution is 2.29. The molecule has 0 aliphatic heterocycles. The molecule has 88 valence electrons. The predicted octanol–water partition coefficient (Wildman–Crippen LogP) is 1.97. The molecule has 0 amide bonds. The van der Waals surface area contributed by atoms with Crippen LogP contribution in [0.25, 0.3) is 0 Å². The second-order valence-electron chi connectivity index (χ2n) is 3.47. The average molecular weight is 242 g/mol. The molecule has 1 aromatic carbocycles. The van der Waals surface area contributed by atoms with Crippen molar-refractivity contribution in [2.24, 2.45) is 5.73 Å². The molecular formula is C11H15FN2OS. The minimum absolute atomic E-state index is 0.0961. The van der Waals surface area contributed by atoms with Crippen LogP contribution in [0.3, 0.4) is 0 Å². The number of rotatable bonds is 5. The maximum absolute atomic E-state index is 13.5. The van der Waals surface area contributed by atoms with Gasteiger partial charge in [0.25, 0.3) is 0 Å². The van der Waals surface area contributed by atoms with Crippen LogP contribution in [0.15, 0.2) is 23.1 Å². The maximum atomic E-state index is 13.5. The molecule has 1 aromatic rings. The van der Waals surface area contributed by atoms with Crippen molar-refractivity contribution in [2.75, 3.05) is 6.61 Å². The predicted molar refractivity (Wildman–Crippen MR) is 64.4 cm³/mol. The standard InChI is InChI=1S/C11H15FN2OS/c1-7(5-6-15)16-9-4-2-3-8(12)10(9)11(13)14/h2-4,7,15H,5-6H2,1H3,(H3,13,14). The van der Waals surface area contributed by atoms with E-state index in [2.05, 4.69) is 0 Å². The van der Waals surface area contributed by atoms with Crippen molar-refractivity contribution in [3.05, 3.63) is 29.6 Å². The molecule has 5 heteroatoms. The summed E-state index contributed by atoms with van der Waals surface area (Å²) in [5, 5.41) is 16.3. The molecule has 0 heterocycles. The molecule has 0 radical (unpaired) electrons. The van der Waals surface area contributed by atoms with Gasteiger partial charge in [-0.15, -0.1) is 11.8 Å². The third-order valence-corrected chi connectivity index (χ3v) is 3.34. The third-order valence-electron chi connectivity index (χ3n) is 2.11. The molecule has 1 atom stereocenters. The van der Waals surface area contributed by atoms with Crippen molar-refractivity contribution >= 4 is 17.6 Å². The molecular weight excluding hydrogens is 227 g/mol. The fourth-order valence-corrected chi connectivity index (χ4v) is 2.46. The van der Waals surface area contributed by atoms with Gasteiger partial charge in [-0.3, -0.25) is 5.41 Å². The van der Waals surface area contributed by atoms with E-state index in [4.69, 9.17) is 16.2 Å². The number of thioether (sulfide) groups is 1. The van der Waals surface area contributed by atoms with Gasteiger partial charge >= 0.3 is 0 Å². The van der Waals surface area contributed by atoms with Crippen LogP contribution < -0.4 is 5.73 Å². The summed E-state index contributed by atoms with van der Waals surface area (Å²) in [7, 11) is 0. The van der Waals surface area contributed by atoms with Crippen molar-refractivity contribution in [2.45, 2.75) is 23.5 Å². The lowest BCUT2D eigenvalue weighted by atomic mass is 10.2. The van der Waals surface area contributed by atoms with E-state index >= 15 is 0 Å². The van der Waals surface area contributed by atoms with Crippen LogP contribution >= 0.6 is 11.8 Å². The highest BCUT2D eigenvalue weighted by Gasteiger charge is 2.13. The molecule has 0 aliphatic carbocycles. The molecule has 0 aliphatic rings. The number of aliphatic hydroxyl groups excluding tert-OH is 1. The van der Waals surface area contributed by atoms with E-state index in [9.17, 15) is 4.39 Å². The number of amidine groups is 1. The van der Waals surface area contributed by atoms with Gasteiger partial charge in [0.2, 0.25) is 0 Å². The van der Waals surface area contributed by atoms with Crippen LogP contribution in [0.1, 0.15) is 18.9 Å². The number of hydrogen-bond acceptors (Lipinski definition) is 3. The molecule has 1 unspecified atom stereocenters. The van der Waals surface area contributed by atoms with Crippen LogP contribution in [0, 0.1) is 11.2 Å². The normalized spacial score (nSPS) is 12.4. The highest BCUT2D eigenvalue weighted by atomic mass is 32.2. The molecule has 0 aromatic heterocycles. The first-order chi connectivity index (χ1) is 7.56. The van der Waals surface area contributed by atoms with Gasteiger partial charge in [-0.1, -0.05) is 13.0 Å². The van der Waals surface area contributed by atoms with Crippen molar-refractivity contribution in [3.63, 3.8) is 0 Å². The van der Waals surface area contributed by atoms with E-state index < -0.39 is 5.82 Å². The first-order valence-corrected chi connectivity index (χ1v) is 5.84. The molecule has 16 heavy (non-hydrogen) atoms. The first-order valence-electron chi connectivity index (χ1n) is 4.96. The van der Waals surface area contributed by atoms with Gasteiger partial charge in [0.05, 0.1) is 5.56 Å². The molecule has 0 saturated carbocycles. The van der Waals surface area contributed by atoms with Crippen molar-refractivity contribution in [3.8, 4) is 0 Å². The van der Waals surface area contributed by atoms with Gasteiger partial charge in [-0.05, 0) is 18.6 Å². The minimum Gasteiger partial charge on any atom is -0.396 e. The molecule has 1 rings (SSSR count). The molecule has 3 nitrogen and oxygen atoms in total. The number of nitrogen functional groups attached to an aromatic ring is 1. The fraction of sp³-hybridized carbons (Fsp3) is 0.364. The highest BCUT2D eigenvalue weighted by molar-refractivity contribution is 8.00. The summed E-state index contributed by atoms with van der Waals surface area (Å²) in [4.78, 5) is 0.647. The molecule has 0 fully saturated rings. The summed E-state index contributed by atoms with van der Waals surface area (Å²) < 4.78 is 13.5. The van der Waals surface area contributed by atoms with Crippen molar-refractivity contribution in [1.82, 2.24) is 0 Å². The van der Waals surface area contributed by atoms with E-state index in [1.165, 1.54) is 17.8 Å². The molecule has 0 spiro atoms. The smallest absolute Gasteiger partial charge is 0.135 e. The SMILES string of the molecule is CC(CCO)Sc1cccc(F)c1C(=N)N. The molecule has 4 N–H and O–H groups in total. The number of nitrogens with two attached hydrogens (primary N) is 1. The van der Waals surface area contributed by atoms with E-state index in [1.54, 1.807) is 12.1 Å². The summed E-state index contributed by atoms with van der Waals surface area (Å²) >= 11 is 1.42. The lowest BCUT2D eigenvalue weighted by Crippen LogP contribution is -2.15. The van der Waals surface area contributed by atoms with Crippen LogP contribution in [-0.2, 0) is 0 Å². The Labute approximate surface area is 98.4 Å². The van der Waals surface area contributed by atoms with E-state index in [0.717, 1.165) is 0 Å². The lowest BCUT2D eigenvalue weighted by Gasteiger charge is -2.13. The number of halogens is 1. The second kappa shape index (κ2) is 5.86. The zero-order chi connectivity index (χ0) is 12.1. The summed E-state index contributed by atoms with van der Waals surface area (Å²) in [6.45, 7) is 2.04. The quantitative estimate of drug-likeness (QED) is 0.420. The summed E-state index contributed by atoms with van der Waals surface area (Å²) in [5.74, 6) is -0.745. The number of nitrogens with one attached hydrogen (secondary N) is 1. The summed E-state index contributed by atoms with van der Waals surface area (Å²) in [6, 6.07) is 4.62. The Morgan fingerprint density at radius 2 is 2.31 bits per heavy atom.